The molecule has 1 fully saturated rings. The third kappa shape index (κ3) is 5.26. The van der Waals surface area contributed by atoms with Crippen LogP contribution in [0, 0.1) is 17.7 Å². The molecule has 1 aliphatic rings. The van der Waals surface area contributed by atoms with Gasteiger partial charge in [-0.2, -0.15) is 0 Å². The van der Waals surface area contributed by atoms with E-state index in [4.69, 9.17) is 4.74 Å². The molecule has 3 N–H and O–H groups in total. The number of hydrogen-bond donors (Lipinski definition) is 3. The predicted octanol–water partition coefficient (Wildman–Crippen LogP) is 1.56. The highest BCUT2D eigenvalue weighted by Gasteiger charge is 2.26. The number of benzene rings is 1. The zero-order chi connectivity index (χ0) is 15.1. The average Bonchev–Trinajstić information content (AvgIpc) is 2.94. The van der Waals surface area contributed by atoms with Gasteiger partial charge in [0.2, 0.25) is 0 Å². The quantitative estimate of drug-likeness (QED) is 0.681. The maximum Gasteiger partial charge on any atom is 0.123 e. The van der Waals surface area contributed by atoms with E-state index >= 15 is 0 Å². The van der Waals surface area contributed by atoms with Gasteiger partial charge in [0.05, 0.1) is 0 Å². The molecule has 0 heterocycles. The number of hydrogen-bond acceptors (Lipinski definition) is 4. The molecule has 1 aliphatic carbocycles. The summed E-state index contributed by atoms with van der Waals surface area (Å²) in [5.74, 6) is 1.14. The van der Waals surface area contributed by atoms with E-state index in [9.17, 15) is 14.6 Å². The van der Waals surface area contributed by atoms with Gasteiger partial charge in [-0.3, -0.25) is 0 Å². The zero-order valence-corrected chi connectivity index (χ0v) is 12.2. The third-order valence-corrected chi connectivity index (χ3v) is 4.09. The van der Waals surface area contributed by atoms with Crippen molar-refractivity contribution in [3.8, 4) is 5.75 Å². The van der Waals surface area contributed by atoms with Crippen LogP contribution in [0.1, 0.15) is 19.3 Å². The molecular weight excluding hydrogens is 273 g/mol. The molecule has 0 bridgehead atoms. The maximum atomic E-state index is 12.7. The summed E-state index contributed by atoms with van der Waals surface area (Å²) in [5.41, 5.74) is 0. The fraction of sp³-hybridized carbons (Fsp3) is 0.625. The molecule has 3 unspecified atom stereocenters. The fourth-order valence-corrected chi connectivity index (χ4v) is 2.84. The summed E-state index contributed by atoms with van der Waals surface area (Å²) in [6, 6.07) is 5.74. The van der Waals surface area contributed by atoms with E-state index in [0.717, 1.165) is 19.4 Å². The second-order valence-electron chi connectivity index (χ2n) is 5.71. The van der Waals surface area contributed by atoms with Gasteiger partial charge in [0.15, 0.2) is 0 Å². The number of halogens is 1. The summed E-state index contributed by atoms with van der Waals surface area (Å²) < 4.78 is 18.1. The van der Waals surface area contributed by atoms with Crippen molar-refractivity contribution >= 4 is 0 Å². The Labute approximate surface area is 124 Å². The van der Waals surface area contributed by atoms with Gasteiger partial charge in [-0.05, 0) is 55.5 Å². The molecule has 2 rings (SSSR count). The summed E-state index contributed by atoms with van der Waals surface area (Å²) >= 11 is 0. The Bertz CT molecular complexity index is 412. The zero-order valence-electron chi connectivity index (χ0n) is 12.2. The lowest BCUT2D eigenvalue weighted by Gasteiger charge is -2.19. The second-order valence-corrected chi connectivity index (χ2v) is 5.71. The largest absolute Gasteiger partial charge is 0.491 e. The molecule has 4 nitrogen and oxygen atoms in total. The molecular formula is C16H24FNO3. The van der Waals surface area contributed by atoms with Crippen LogP contribution >= 0.6 is 0 Å². The first-order chi connectivity index (χ1) is 10.2. The molecule has 0 spiro atoms. The van der Waals surface area contributed by atoms with Crippen LogP contribution in [0.25, 0.3) is 0 Å². The standard InChI is InChI=1S/C16H24FNO3/c17-14-4-6-16(7-5-14)21-11-15(20)9-18-8-12-2-1-3-13(12)10-19/h4-7,12-13,15,18-20H,1-3,8-11H2. The lowest BCUT2D eigenvalue weighted by Crippen LogP contribution is -2.35. The van der Waals surface area contributed by atoms with Gasteiger partial charge in [-0.15, -0.1) is 0 Å². The molecule has 5 heteroatoms. The monoisotopic (exact) mass is 297 g/mol. The van der Waals surface area contributed by atoms with Gasteiger partial charge in [0, 0.05) is 13.2 Å². The summed E-state index contributed by atoms with van der Waals surface area (Å²) in [6.45, 7) is 1.70. The molecule has 0 amide bonds. The molecule has 0 radical (unpaired) electrons. The first-order valence-electron chi connectivity index (χ1n) is 7.57. The highest BCUT2D eigenvalue weighted by molar-refractivity contribution is 5.22. The highest BCUT2D eigenvalue weighted by Crippen LogP contribution is 2.30. The smallest absolute Gasteiger partial charge is 0.123 e. The van der Waals surface area contributed by atoms with Crippen molar-refractivity contribution in [1.29, 1.82) is 0 Å². The van der Waals surface area contributed by atoms with Crippen molar-refractivity contribution in [2.24, 2.45) is 11.8 Å². The van der Waals surface area contributed by atoms with Crippen LogP contribution in [-0.4, -0.2) is 42.6 Å². The van der Waals surface area contributed by atoms with Crippen molar-refractivity contribution in [2.45, 2.75) is 25.4 Å². The molecule has 0 saturated heterocycles. The van der Waals surface area contributed by atoms with Gasteiger partial charge in [-0.1, -0.05) is 6.42 Å². The summed E-state index contributed by atoms with van der Waals surface area (Å²) in [7, 11) is 0. The van der Waals surface area contributed by atoms with Crippen molar-refractivity contribution < 1.29 is 19.3 Å². The first kappa shape index (κ1) is 16.2. The Hall–Kier alpha value is -1.17. The van der Waals surface area contributed by atoms with Gasteiger partial charge in [0.1, 0.15) is 24.3 Å². The van der Waals surface area contributed by atoms with Crippen LogP contribution in [0.2, 0.25) is 0 Å². The minimum atomic E-state index is -0.607. The molecule has 0 aromatic heterocycles. The first-order valence-corrected chi connectivity index (χ1v) is 7.57. The van der Waals surface area contributed by atoms with E-state index < -0.39 is 6.10 Å². The normalized spacial score (nSPS) is 23.2. The van der Waals surface area contributed by atoms with Crippen LogP contribution in [0.4, 0.5) is 4.39 Å². The summed E-state index contributed by atoms with van der Waals surface area (Å²) in [4.78, 5) is 0. The Morgan fingerprint density at radius 2 is 1.95 bits per heavy atom. The Morgan fingerprint density at radius 1 is 1.24 bits per heavy atom. The van der Waals surface area contributed by atoms with Crippen LogP contribution in [0.3, 0.4) is 0 Å². The van der Waals surface area contributed by atoms with Crippen molar-refractivity contribution in [2.75, 3.05) is 26.3 Å². The van der Waals surface area contributed by atoms with Gasteiger partial charge in [-0.25, -0.2) is 4.39 Å². The Balaban J connectivity index is 1.61. The topological polar surface area (TPSA) is 61.7 Å². The van der Waals surface area contributed by atoms with Gasteiger partial charge < -0.3 is 20.3 Å². The molecule has 0 aliphatic heterocycles. The minimum absolute atomic E-state index is 0.173. The number of nitrogens with one attached hydrogen (secondary N) is 1. The van der Waals surface area contributed by atoms with Crippen LogP contribution in [0.5, 0.6) is 5.75 Å². The maximum absolute atomic E-state index is 12.7. The minimum Gasteiger partial charge on any atom is -0.491 e. The van der Waals surface area contributed by atoms with Gasteiger partial charge in [0.25, 0.3) is 0 Å². The van der Waals surface area contributed by atoms with E-state index in [-0.39, 0.29) is 19.0 Å². The second kappa shape index (κ2) is 8.32. The van der Waals surface area contributed by atoms with Crippen LogP contribution in [-0.2, 0) is 0 Å². The summed E-state index contributed by atoms with van der Waals surface area (Å²) in [5, 5.41) is 22.3. The number of ether oxygens (including phenoxy) is 1. The lowest BCUT2D eigenvalue weighted by atomic mass is 9.97. The fourth-order valence-electron chi connectivity index (χ4n) is 2.84. The number of aliphatic hydroxyl groups is 2. The molecule has 1 saturated carbocycles. The van der Waals surface area contributed by atoms with E-state index in [1.807, 2.05) is 0 Å². The number of rotatable bonds is 8. The van der Waals surface area contributed by atoms with E-state index in [1.165, 1.54) is 18.6 Å². The van der Waals surface area contributed by atoms with Crippen LogP contribution < -0.4 is 10.1 Å². The SMILES string of the molecule is OCC1CCCC1CNCC(O)COc1ccc(F)cc1. The lowest BCUT2D eigenvalue weighted by molar-refractivity contribution is 0.104. The van der Waals surface area contributed by atoms with Crippen molar-refractivity contribution in [3.05, 3.63) is 30.1 Å². The molecule has 118 valence electrons. The van der Waals surface area contributed by atoms with Crippen LogP contribution in [0.15, 0.2) is 24.3 Å². The molecule has 3 atom stereocenters. The Morgan fingerprint density at radius 3 is 2.67 bits per heavy atom. The highest BCUT2D eigenvalue weighted by atomic mass is 19.1. The predicted molar refractivity (Wildman–Crippen MR) is 78.7 cm³/mol. The van der Waals surface area contributed by atoms with Crippen molar-refractivity contribution in [3.63, 3.8) is 0 Å². The third-order valence-electron chi connectivity index (χ3n) is 4.09. The van der Waals surface area contributed by atoms with E-state index in [1.54, 1.807) is 12.1 Å². The van der Waals surface area contributed by atoms with Gasteiger partial charge >= 0.3 is 0 Å². The Kier molecular flexibility index (Phi) is 6.42. The van der Waals surface area contributed by atoms with Crippen molar-refractivity contribution in [1.82, 2.24) is 5.32 Å². The molecule has 21 heavy (non-hydrogen) atoms. The summed E-state index contributed by atoms with van der Waals surface area (Å²) in [6.07, 6.45) is 2.80. The number of aliphatic hydroxyl groups excluding tert-OH is 2. The van der Waals surface area contributed by atoms with E-state index in [0.29, 0.717) is 24.1 Å². The average molecular weight is 297 g/mol. The molecule has 1 aromatic carbocycles. The molecule has 1 aromatic rings. The van der Waals surface area contributed by atoms with E-state index in [2.05, 4.69) is 5.32 Å².